The highest BCUT2D eigenvalue weighted by Crippen LogP contribution is 2.24. The van der Waals surface area contributed by atoms with Crippen LogP contribution in [-0.4, -0.2) is 34.2 Å². The van der Waals surface area contributed by atoms with Gasteiger partial charge in [-0.1, -0.05) is 41.9 Å². The van der Waals surface area contributed by atoms with Crippen LogP contribution in [0.15, 0.2) is 53.4 Å². The fraction of sp³-hybridized carbons (Fsp3) is 0.316. The van der Waals surface area contributed by atoms with E-state index in [9.17, 15) is 13.2 Å². The van der Waals surface area contributed by atoms with Gasteiger partial charge in [0.15, 0.2) is 9.84 Å². The van der Waals surface area contributed by atoms with Crippen molar-refractivity contribution in [2.24, 2.45) is 0 Å². The van der Waals surface area contributed by atoms with Gasteiger partial charge in [0.05, 0.1) is 4.90 Å². The van der Waals surface area contributed by atoms with Crippen molar-refractivity contribution in [2.75, 3.05) is 19.9 Å². The third-order valence-electron chi connectivity index (χ3n) is 4.01. The minimum Gasteiger partial charge on any atom is -0.375 e. The molecule has 2 aromatic carbocycles. The van der Waals surface area contributed by atoms with Crippen molar-refractivity contribution in [3.63, 3.8) is 0 Å². The third kappa shape index (κ3) is 5.83. The summed E-state index contributed by atoms with van der Waals surface area (Å²) < 4.78 is 28.3. The monoisotopic (exact) mass is 395 g/mol. The van der Waals surface area contributed by atoms with Crippen LogP contribution in [-0.2, 0) is 25.8 Å². The van der Waals surface area contributed by atoms with Crippen molar-refractivity contribution in [2.45, 2.75) is 23.8 Å². The minimum absolute atomic E-state index is 0.105. The number of sulfone groups is 1. The first-order chi connectivity index (χ1) is 12.3. The number of aryl methyl sites for hydroxylation is 1. The average molecular weight is 396 g/mol. The number of hydrogen-bond acceptors (Lipinski definition) is 4. The van der Waals surface area contributed by atoms with Crippen molar-refractivity contribution in [3.05, 3.63) is 64.7 Å². The summed E-state index contributed by atoms with van der Waals surface area (Å²) in [6, 6.07) is 13.9. The van der Waals surface area contributed by atoms with E-state index in [0.717, 1.165) is 11.1 Å². The maximum atomic E-state index is 12.1. The number of amides is 1. The van der Waals surface area contributed by atoms with Gasteiger partial charge in [0.25, 0.3) is 0 Å². The van der Waals surface area contributed by atoms with Gasteiger partial charge in [0.2, 0.25) is 5.91 Å². The summed E-state index contributed by atoms with van der Waals surface area (Å²) in [4.78, 5) is 12.4. The first-order valence-electron chi connectivity index (χ1n) is 8.14. The zero-order valence-electron chi connectivity index (χ0n) is 14.7. The normalized spacial score (nSPS) is 12.6. The molecular weight excluding hydrogens is 374 g/mol. The molecule has 0 aliphatic heterocycles. The molecule has 140 valence electrons. The number of ether oxygens (including phenoxy) is 1. The Kier molecular flexibility index (Phi) is 7.20. The quantitative estimate of drug-likeness (QED) is 0.745. The molecule has 0 spiro atoms. The van der Waals surface area contributed by atoms with Crippen molar-refractivity contribution < 1.29 is 17.9 Å². The highest BCUT2D eigenvalue weighted by molar-refractivity contribution is 7.90. The zero-order chi connectivity index (χ0) is 19.2. The second-order valence-electron chi connectivity index (χ2n) is 5.97. The Morgan fingerprint density at radius 2 is 1.81 bits per heavy atom. The summed E-state index contributed by atoms with van der Waals surface area (Å²) in [5.41, 5.74) is 1.73. The predicted molar refractivity (Wildman–Crippen MR) is 102 cm³/mol. The van der Waals surface area contributed by atoms with Crippen molar-refractivity contribution >= 4 is 27.3 Å². The van der Waals surface area contributed by atoms with E-state index >= 15 is 0 Å². The molecule has 26 heavy (non-hydrogen) atoms. The molecule has 0 aliphatic carbocycles. The van der Waals surface area contributed by atoms with Crippen LogP contribution in [0.4, 0.5) is 0 Å². The van der Waals surface area contributed by atoms with Crippen LogP contribution in [0.25, 0.3) is 0 Å². The molecule has 0 fully saturated rings. The summed E-state index contributed by atoms with van der Waals surface area (Å²) in [5.74, 6) is -0.105. The number of hydrogen-bond donors (Lipinski definition) is 1. The maximum Gasteiger partial charge on any atom is 0.220 e. The largest absolute Gasteiger partial charge is 0.375 e. The summed E-state index contributed by atoms with van der Waals surface area (Å²) in [7, 11) is -1.63. The Labute approximate surface area is 159 Å². The fourth-order valence-corrected chi connectivity index (χ4v) is 3.40. The molecule has 5 nitrogen and oxygen atoms in total. The number of nitrogens with one attached hydrogen (secondary N) is 1. The second-order valence-corrected chi connectivity index (χ2v) is 8.39. The Morgan fingerprint density at radius 1 is 1.15 bits per heavy atom. The lowest BCUT2D eigenvalue weighted by Crippen LogP contribution is -2.29. The van der Waals surface area contributed by atoms with Gasteiger partial charge in [-0.2, -0.15) is 0 Å². The standard InChI is InChI=1S/C19H22ClNO4S/c1-25-18(16-5-3-4-6-17(16)20)13-21-19(22)12-9-14-7-10-15(11-8-14)26(2,23)24/h3-8,10-11,18H,9,12-13H2,1-2H3,(H,21,22)/t18-/m1/s1. The first-order valence-corrected chi connectivity index (χ1v) is 10.4. The molecule has 2 aromatic rings. The first kappa shape index (κ1) is 20.4. The van der Waals surface area contributed by atoms with Crippen LogP contribution in [0.1, 0.15) is 23.7 Å². The Bertz CT molecular complexity index is 850. The molecule has 1 N–H and O–H groups in total. The average Bonchev–Trinajstić information content (AvgIpc) is 2.61. The molecular formula is C19H22ClNO4S. The van der Waals surface area contributed by atoms with Gasteiger partial charge in [-0.25, -0.2) is 8.42 Å². The Morgan fingerprint density at radius 3 is 2.38 bits per heavy atom. The summed E-state index contributed by atoms with van der Waals surface area (Å²) in [6.45, 7) is 0.325. The Hall–Kier alpha value is -1.89. The lowest BCUT2D eigenvalue weighted by atomic mass is 10.1. The lowest BCUT2D eigenvalue weighted by Gasteiger charge is -2.17. The summed E-state index contributed by atoms with van der Waals surface area (Å²) in [6.07, 6.45) is 1.68. The number of carbonyl (C=O) groups is 1. The highest BCUT2D eigenvalue weighted by atomic mass is 35.5. The van der Waals surface area contributed by atoms with E-state index in [4.69, 9.17) is 16.3 Å². The molecule has 0 aromatic heterocycles. The number of carbonyl (C=O) groups excluding carboxylic acids is 1. The topological polar surface area (TPSA) is 72.5 Å². The van der Waals surface area contributed by atoms with Gasteiger partial charge in [-0.15, -0.1) is 0 Å². The number of methoxy groups -OCH3 is 1. The smallest absolute Gasteiger partial charge is 0.220 e. The van der Waals surface area contributed by atoms with E-state index in [1.165, 1.54) is 6.26 Å². The van der Waals surface area contributed by atoms with Gasteiger partial charge in [-0.3, -0.25) is 4.79 Å². The number of benzene rings is 2. The van der Waals surface area contributed by atoms with Crippen molar-refractivity contribution in [1.82, 2.24) is 5.32 Å². The molecule has 0 saturated carbocycles. The van der Waals surface area contributed by atoms with Gasteiger partial charge >= 0.3 is 0 Å². The molecule has 0 unspecified atom stereocenters. The van der Waals surface area contributed by atoms with Crippen LogP contribution in [0.3, 0.4) is 0 Å². The van der Waals surface area contributed by atoms with Crippen LogP contribution in [0, 0.1) is 0 Å². The molecule has 0 heterocycles. The van der Waals surface area contributed by atoms with Gasteiger partial charge < -0.3 is 10.1 Å². The molecule has 2 rings (SSSR count). The van der Waals surface area contributed by atoms with Crippen LogP contribution >= 0.6 is 11.6 Å². The van der Waals surface area contributed by atoms with Crippen molar-refractivity contribution in [3.8, 4) is 0 Å². The molecule has 0 saturated heterocycles. The van der Waals surface area contributed by atoms with Crippen LogP contribution < -0.4 is 5.32 Å². The van der Waals surface area contributed by atoms with Crippen molar-refractivity contribution in [1.29, 1.82) is 0 Å². The number of halogens is 1. The third-order valence-corrected chi connectivity index (χ3v) is 5.49. The molecule has 1 amide bonds. The van der Waals surface area contributed by atoms with E-state index in [0.29, 0.717) is 24.4 Å². The van der Waals surface area contributed by atoms with Gasteiger partial charge in [0, 0.05) is 36.9 Å². The SMILES string of the molecule is CO[C@H](CNC(=O)CCc1ccc(S(C)(=O)=O)cc1)c1ccccc1Cl. The van der Waals surface area contributed by atoms with E-state index in [-0.39, 0.29) is 16.9 Å². The molecule has 0 radical (unpaired) electrons. The maximum absolute atomic E-state index is 12.1. The van der Waals surface area contributed by atoms with E-state index < -0.39 is 9.84 Å². The lowest BCUT2D eigenvalue weighted by molar-refractivity contribution is -0.121. The van der Waals surface area contributed by atoms with E-state index in [2.05, 4.69) is 5.32 Å². The molecule has 7 heteroatoms. The van der Waals surface area contributed by atoms with E-state index in [1.54, 1.807) is 37.4 Å². The molecule has 0 aliphatic rings. The summed E-state index contributed by atoms with van der Waals surface area (Å²) >= 11 is 6.16. The second kappa shape index (κ2) is 9.16. The van der Waals surface area contributed by atoms with Gasteiger partial charge in [0.1, 0.15) is 6.10 Å². The van der Waals surface area contributed by atoms with Crippen LogP contribution in [0.2, 0.25) is 5.02 Å². The molecule has 0 bridgehead atoms. The fourth-order valence-electron chi connectivity index (χ4n) is 2.51. The zero-order valence-corrected chi connectivity index (χ0v) is 16.3. The summed E-state index contributed by atoms with van der Waals surface area (Å²) in [5, 5.41) is 3.44. The predicted octanol–water partition coefficient (Wildman–Crippen LogP) is 3.18. The molecule has 1 atom stereocenters. The Balaban J connectivity index is 1.86. The van der Waals surface area contributed by atoms with Crippen LogP contribution in [0.5, 0.6) is 0 Å². The van der Waals surface area contributed by atoms with Gasteiger partial charge in [-0.05, 0) is 30.2 Å². The van der Waals surface area contributed by atoms with E-state index in [1.807, 2.05) is 18.2 Å². The minimum atomic E-state index is -3.21. The highest BCUT2D eigenvalue weighted by Gasteiger charge is 2.15. The number of rotatable bonds is 8.